The van der Waals surface area contributed by atoms with E-state index in [0.29, 0.717) is 0 Å². The molecule has 2 unspecified atom stereocenters. The fraction of sp³-hybridized carbons (Fsp3) is 0.400. The van der Waals surface area contributed by atoms with Crippen LogP contribution in [-0.2, 0) is 0 Å². The molecule has 5 heteroatoms. The van der Waals surface area contributed by atoms with Crippen LogP contribution in [0.4, 0.5) is 0 Å². The Hall–Kier alpha value is -1.04. The van der Waals surface area contributed by atoms with Gasteiger partial charge in [-0.15, -0.1) is 11.3 Å². The van der Waals surface area contributed by atoms with Crippen LogP contribution >= 0.6 is 23.1 Å². The van der Waals surface area contributed by atoms with E-state index in [1.165, 1.54) is 0 Å². The smallest absolute Gasteiger partial charge is 0.150 e. The summed E-state index contributed by atoms with van der Waals surface area (Å²) in [5.41, 5.74) is 8.53. The molecule has 1 aromatic heterocycles. The maximum absolute atomic E-state index is 6.33. The molecule has 0 aliphatic rings. The van der Waals surface area contributed by atoms with Crippen LogP contribution in [0.25, 0.3) is 0 Å². The van der Waals surface area contributed by atoms with E-state index < -0.39 is 0 Å². The third-order valence-corrected chi connectivity index (χ3v) is 5.61. The van der Waals surface area contributed by atoms with Gasteiger partial charge in [0.1, 0.15) is 5.75 Å². The lowest BCUT2D eigenvalue weighted by Gasteiger charge is -2.23. The topological polar surface area (TPSA) is 48.1 Å². The van der Waals surface area contributed by atoms with Crippen LogP contribution < -0.4 is 10.5 Å². The van der Waals surface area contributed by atoms with Crippen LogP contribution in [-0.4, -0.2) is 18.1 Å². The van der Waals surface area contributed by atoms with E-state index in [4.69, 9.17) is 10.5 Å². The SMILES string of the molecule is CCC(N)C(Sc1nc(C)cs1)c1ccccc1OC. The van der Waals surface area contributed by atoms with Gasteiger partial charge in [-0.3, -0.25) is 0 Å². The number of rotatable bonds is 6. The van der Waals surface area contributed by atoms with E-state index in [1.54, 1.807) is 30.2 Å². The second-order valence-electron chi connectivity index (χ2n) is 4.61. The summed E-state index contributed by atoms with van der Waals surface area (Å²) < 4.78 is 6.54. The van der Waals surface area contributed by atoms with E-state index >= 15 is 0 Å². The molecule has 0 aliphatic heterocycles. The molecule has 2 rings (SSSR count). The monoisotopic (exact) mass is 308 g/mol. The van der Waals surface area contributed by atoms with Crippen molar-refractivity contribution in [2.45, 2.75) is 35.9 Å². The highest BCUT2D eigenvalue weighted by molar-refractivity contribution is 8.01. The maximum Gasteiger partial charge on any atom is 0.150 e. The summed E-state index contributed by atoms with van der Waals surface area (Å²) >= 11 is 3.40. The third-order valence-electron chi connectivity index (χ3n) is 3.13. The zero-order valence-electron chi connectivity index (χ0n) is 12.0. The number of hydrogen-bond acceptors (Lipinski definition) is 5. The molecule has 1 heterocycles. The number of para-hydroxylation sites is 1. The summed E-state index contributed by atoms with van der Waals surface area (Å²) in [6.45, 7) is 4.12. The first kappa shape index (κ1) is 15.4. The molecule has 2 N–H and O–H groups in total. The second-order valence-corrected chi connectivity index (χ2v) is 6.85. The lowest BCUT2D eigenvalue weighted by Crippen LogP contribution is -2.26. The predicted molar refractivity (Wildman–Crippen MR) is 86.7 cm³/mol. The minimum atomic E-state index is 0.0699. The van der Waals surface area contributed by atoms with Crippen molar-refractivity contribution in [3.8, 4) is 5.75 Å². The Morgan fingerprint density at radius 2 is 2.15 bits per heavy atom. The van der Waals surface area contributed by atoms with Crippen LogP contribution in [0.3, 0.4) is 0 Å². The van der Waals surface area contributed by atoms with Gasteiger partial charge in [-0.05, 0) is 19.4 Å². The number of hydrogen-bond donors (Lipinski definition) is 1. The van der Waals surface area contributed by atoms with Gasteiger partial charge in [0, 0.05) is 22.7 Å². The number of methoxy groups -OCH3 is 1. The van der Waals surface area contributed by atoms with Gasteiger partial charge in [0.05, 0.1) is 12.4 Å². The summed E-state index contributed by atoms with van der Waals surface area (Å²) in [6, 6.07) is 8.15. The Morgan fingerprint density at radius 1 is 1.40 bits per heavy atom. The molecule has 2 aromatic rings. The number of aromatic nitrogens is 1. The van der Waals surface area contributed by atoms with Gasteiger partial charge in [0.2, 0.25) is 0 Å². The summed E-state index contributed by atoms with van der Waals surface area (Å²) in [5.74, 6) is 0.891. The number of thioether (sulfide) groups is 1. The molecule has 3 nitrogen and oxygen atoms in total. The molecule has 0 bridgehead atoms. The molecule has 20 heavy (non-hydrogen) atoms. The lowest BCUT2D eigenvalue weighted by molar-refractivity contribution is 0.407. The summed E-state index contributed by atoms with van der Waals surface area (Å²) in [6.07, 6.45) is 0.917. The summed E-state index contributed by atoms with van der Waals surface area (Å²) in [5, 5.41) is 2.22. The van der Waals surface area contributed by atoms with Crippen LogP contribution in [0.1, 0.15) is 29.9 Å². The van der Waals surface area contributed by atoms with Gasteiger partial charge in [-0.1, -0.05) is 36.9 Å². The lowest BCUT2D eigenvalue weighted by atomic mass is 10.0. The fourth-order valence-corrected chi connectivity index (χ4v) is 4.29. The largest absolute Gasteiger partial charge is 0.496 e. The Bertz CT molecular complexity index is 556. The molecular formula is C15H20N2OS2. The fourth-order valence-electron chi connectivity index (χ4n) is 1.99. The minimum absolute atomic E-state index is 0.0699. The number of nitrogens with zero attached hydrogens (tertiary/aromatic N) is 1. The van der Waals surface area contributed by atoms with Gasteiger partial charge >= 0.3 is 0 Å². The van der Waals surface area contributed by atoms with Crippen LogP contribution in [0.5, 0.6) is 5.75 Å². The first-order valence-electron chi connectivity index (χ1n) is 6.63. The quantitative estimate of drug-likeness (QED) is 0.819. The highest BCUT2D eigenvalue weighted by Gasteiger charge is 2.24. The molecule has 108 valence electrons. The Labute approximate surface area is 128 Å². The number of ether oxygens (including phenoxy) is 1. The van der Waals surface area contributed by atoms with Crippen molar-refractivity contribution >= 4 is 23.1 Å². The zero-order chi connectivity index (χ0) is 14.5. The maximum atomic E-state index is 6.33. The molecule has 1 aromatic carbocycles. The van der Waals surface area contributed by atoms with Crippen molar-refractivity contribution in [1.29, 1.82) is 0 Å². The van der Waals surface area contributed by atoms with Crippen molar-refractivity contribution in [2.75, 3.05) is 7.11 Å². The average molecular weight is 308 g/mol. The molecule has 0 fully saturated rings. The number of aryl methyl sites for hydroxylation is 1. The Morgan fingerprint density at radius 3 is 2.75 bits per heavy atom. The van der Waals surface area contributed by atoms with Crippen LogP contribution in [0, 0.1) is 6.92 Å². The van der Waals surface area contributed by atoms with Gasteiger partial charge in [-0.2, -0.15) is 0 Å². The Kier molecular flexibility index (Phi) is 5.46. The van der Waals surface area contributed by atoms with Crippen LogP contribution in [0.15, 0.2) is 34.0 Å². The van der Waals surface area contributed by atoms with Gasteiger partial charge < -0.3 is 10.5 Å². The van der Waals surface area contributed by atoms with Crippen molar-refractivity contribution in [3.05, 3.63) is 40.9 Å². The first-order valence-corrected chi connectivity index (χ1v) is 8.39. The van der Waals surface area contributed by atoms with Gasteiger partial charge in [0.25, 0.3) is 0 Å². The minimum Gasteiger partial charge on any atom is -0.496 e. The molecular weight excluding hydrogens is 288 g/mol. The summed E-state index contributed by atoms with van der Waals surface area (Å²) in [4.78, 5) is 4.53. The van der Waals surface area contributed by atoms with Crippen molar-refractivity contribution in [1.82, 2.24) is 4.98 Å². The standard InChI is InChI=1S/C15H20N2OS2/c1-4-12(16)14(20-15-17-10(2)9-19-15)11-7-5-6-8-13(11)18-3/h5-9,12,14H,4,16H2,1-3H3. The second kappa shape index (κ2) is 7.11. The van der Waals surface area contributed by atoms with Crippen molar-refractivity contribution in [2.24, 2.45) is 5.73 Å². The normalized spacial score (nSPS) is 14.0. The average Bonchev–Trinajstić information content (AvgIpc) is 2.89. The highest BCUT2D eigenvalue weighted by Crippen LogP contribution is 2.42. The van der Waals surface area contributed by atoms with E-state index in [2.05, 4.69) is 23.4 Å². The van der Waals surface area contributed by atoms with Crippen molar-refractivity contribution < 1.29 is 4.74 Å². The zero-order valence-corrected chi connectivity index (χ0v) is 13.6. The molecule has 0 spiro atoms. The van der Waals surface area contributed by atoms with Gasteiger partial charge in [-0.25, -0.2) is 4.98 Å². The molecule has 0 radical (unpaired) electrons. The van der Waals surface area contributed by atoms with E-state index in [-0.39, 0.29) is 11.3 Å². The predicted octanol–water partition coefficient (Wildman–Crippen LogP) is 4.03. The van der Waals surface area contributed by atoms with Crippen molar-refractivity contribution in [3.63, 3.8) is 0 Å². The number of nitrogens with two attached hydrogens (primary N) is 1. The highest BCUT2D eigenvalue weighted by atomic mass is 32.2. The third kappa shape index (κ3) is 3.53. The van der Waals surface area contributed by atoms with E-state index in [1.807, 2.05) is 25.1 Å². The van der Waals surface area contributed by atoms with E-state index in [0.717, 1.165) is 27.8 Å². The first-order chi connectivity index (χ1) is 9.65. The summed E-state index contributed by atoms with van der Waals surface area (Å²) in [7, 11) is 1.70. The Balaban J connectivity index is 2.32. The number of thiazole rings is 1. The molecule has 0 amide bonds. The number of benzene rings is 1. The molecule has 0 aliphatic carbocycles. The van der Waals surface area contributed by atoms with Gasteiger partial charge in [0.15, 0.2) is 4.34 Å². The molecule has 0 saturated carbocycles. The molecule has 2 atom stereocenters. The van der Waals surface area contributed by atoms with Crippen LogP contribution in [0.2, 0.25) is 0 Å². The van der Waals surface area contributed by atoms with E-state index in [9.17, 15) is 0 Å². The molecule has 0 saturated heterocycles.